The standard InChI is InChI=1S/C18H13F2N3O4/c1-23-17(24)16(22-12-4-2-3-10(7-12)18(25)26)15(9-21-23)27-14-6-5-11(19)8-13(14)20/h2-9,22H,1H3,(H,25,26). The maximum absolute atomic E-state index is 13.9. The summed E-state index contributed by atoms with van der Waals surface area (Å²) >= 11 is 0. The highest BCUT2D eigenvalue weighted by atomic mass is 19.1. The van der Waals surface area contributed by atoms with E-state index in [0.717, 1.165) is 16.8 Å². The third kappa shape index (κ3) is 3.92. The maximum atomic E-state index is 13.9. The highest BCUT2D eigenvalue weighted by Crippen LogP contribution is 2.30. The Bertz CT molecular complexity index is 1080. The summed E-state index contributed by atoms with van der Waals surface area (Å²) in [5.74, 6) is -3.26. The molecule has 0 radical (unpaired) electrons. The first-order chi connectivity index (χ1) is 12.8. The molecule has 0 amide bonds. The van der Waals surface area contributed by atoms with Gasteiger partial charge in [0.1, 0.15) is 5.82 Å². The molecule has 0 fully saturated rings. The number of carboxylic acids is 1. The summed E-state index contributed by atoms with van der Waals surface area (Å²) < 4.78 is 33.3. The van der Waals surface area contributed by atoms with E-state index in [1.54, 1.807) is 6.07 Å². The van der Waals surface area contributed by atoms with E-state index < -0.39 is 23.2 Å². The van der Waals surface area contributed by atoms with Crippen molar-refractivity contribution in [1.82, 2.24) is 9.78 Å². The third-order valence-corrected chi connectivity index (χ3v) is 3.60. The number of aromatic nitrogens is 2. The lowest BCUT2D eigenvalue weighted by atomic mass is 10.2. The number of carboxylic acid groups (broad SMARTS) is 1. The van der Waals surface area contributed by atoms with E-state index in [4.69, 9.17) is 9.84 Å². The van der Waals surface area contributed by atoms with Gasteiger partial charge in [-0.1, -0.05) is 6.07 Å². The van der Waals surface area contributed by atoms with Crippen LogP contribution in [-0.4, -0.2) is 20.9 Å². The summed E-state index contributed by atoms with van der Waals surface area (Å²) in [6.45, 7) is 0. The van der Waals surface area contributed by atoms with Crippen LogP contribution in [0, 0.1) is 11.6 Å². The number of halogens is 2. The van der Waals surface area contributed by atoms with Crippen molar-refractivity contribution in [3.05, 3.63) is 76.2 Å². The first-order valence-corrected chi connectivity index (χ1v) is 7.65. The van der Waals surface area contributed by atoms with Gasteiger partial charge in [-0.3, -0.25) is 4.79 Å². The van der Waals surface area contributed by atoms with Crippen LogP contribution in [0.1, 0.15) is 10.4 Å². The first kappa shape index (κ1) is 18.1. The number of benzene rings is 2. The third-order valence-electron chi connectivity index (χ3n) is 3.60. The van der Waals surface area contributed by atoms with Crippen LogP contribution in [0.15, 0.2) is 53.5 Å². The predicted molar refractivity (Wildman–Crippen MR) is 92.6 cm³/mol. The van der Waals surface area contributed by atoms with Gasteiger partial charge in [-0.2, -0.15) is 5.10 Å². The summed E-state index contributed by atoms with van der Waals surface area (Å²) in [5.41, 5.74) is -0.352. The van der Waals surface area contributed by atoms with Gasteiger partial charge in [0.25, 0.3) is 5.56 Å². The van der Waals surface area contributed by atoms with Crippen molar-refractivity contribution < 1.29 is 23.4 Å². The zero-order valence-electron chi connectivity index (χ0n) is 13.9. The molecular weight excluding hydrogens is 360 g/mol. The molecule has 27 heavy (non-hydrogen) atoms. The number of nitrogens with one attached hydrogen (secondary N) is 1. The minimum Gasteiger partial charge on any atom is -0.478 e. The Morgan fingerprint density at radius 3 is 2.67 bits per heavy atom. The van der Waals surface area contributed by atoms with E-state index in [0.29, 0.717) is 11.8 Å². The number of nitrogens with zero attached hydrogens (tertiary/aromatic N) is 2. The average molecular weight is 373 g/mol. The van der Waals surface area contributed by atoms with Crippen LogP contribution in [-0.2, 0) is 7.05 Å². The van der Waals surface area contributed by atoms with Crippen LogP contribution < -0.4 is 15.6 Å². The fourth-order valence-corrected chi connectivity index (χ4v) is 2.27. The number of aryl methyl sites for hydroxylation is 1. The van der Waals surface area contributed by atoms with Crippen molar-refractivity contribution in [2.24, 2.45) is 7.05 Å². The van der Waals surface area contributed by atoms with Gasteiger partial charge in [-0.15, -0.1) is 0 Å². The van der Waals surface area contributed by atoms with Gasteiger partial charge < -0.3 is 15.2 Å². The second-order valence-electron chi connectivity index (χ2n) is 5.50. The molecule has 3 aromatic rings. The fourth-order valence-electron chi connectivity index (χ4n) is 2.27. The lowest BCUT2D eigenvalue weighted by molar-refractivity contribution is 0.0697. The molecule has 2 N–H and O–H groups in total. The molecule has 0 atom stereocenters. The van der Waals surface area contributed by atoms with Gasteiger partial charge in [0.2, 0.25) is 0 Å². The molecule has 138 valence electrons. The Balaban J connectivity index is 2.01. The molecule has 0 saturated carbocycles. The van der Waals surface area contributed by atoms with E-state index in [1.807, 2.05) is 0 Å². The number of anilines is 2. The summed E-state index contributed by atoms with van der Waals surface area (Å²) in [7, 11) is 1.41. The van der Waals surface area contributed by atoms with Crippen molar-refractivity contribution in [2.75, 3.05) is 5.32 Å². The van der Waals surface area contributed by atoms with E-state index >= 15 is 0 Å². The molecular formula is C18H13F2N3O4. The molecule has 0 bridgehead atoms. The monoisotopic (exact) mass is 373 g/mol. The van der Waals surface area contributed by atoms with Crippen molar-refractivity contribution in [2.45, 2.75) is 0 Å². The summed E-state index contributed by atoms with van der Waals surface area (Å²) in [4.78, 5) is 23.5. The van der Waals surface area contributed by atoms with Gasteiger partial charge in [0.05, 0.1) is 11.8 Å². The largest absolute Gasteiger partial charge is 0.478 e. The summed E-state index contributed by atoms with van der Waals surface area (Å²) in [6.07, 6.45) is 1.19. The minimum atomic E-state index is -1.13. The van der Waals surface area contributed by atoms with Crippen molar-refractivity contribution in [1.29, 1.82) is 0 Å². The second kappa shape index (κ2) is 7.24. The Kier molecular flexibility index (Phi) is 4.84. The Labute approximate surface area is 151 Å². The molecule has 0 aliphatic rings. The van der Waals surface area contributed by atoms with E-state index in [1.165, 1.54) is 31.4 Å². The lowest BCUT2D eigenvalue weighted by Crippen LogP contribution is -2.22. The SMILES string of the molecule is Cn1ncc(Oc2ccc(F)cc2F)c(Nc2cccc(C(=O)O)c2)c1=O. The molecule has 3 rings (SSSR count). The fraction of sp³-hybridized carbons (Fsp3) is 0.0556. The molecule has 0 aliphatic carbocycles. The molecule has 0 spiro atoms. The number of carbonyl (C=O) groups is 1. The minimum absolute atomic E-state index is 0.0120. The summed E-state index contributed by atoms with van der Waals surface area (Å²) in [5, 5.41) is 15.7. The van der Waals surface area contributed by atoms with Crippen LogP contribution in [0.5, 0.6) is 11.5 Å². The van der Waals surface area contributed by atoms with E-state index in [-0.39, 0.29) is 22.7 Å². The van der Waals surface area contributed by atoms with Gasteiger partial charge in [-0.05, 0) is 30.3 Å². The van der Waals surface area contributed by atoms with Crippen molar-refractivity contribution in [3.63, 3.8) is 0 Å². The highest BCUT2D eigenvalue weighted by molar-refractivity contribution is 5.89. The number of rotatable bonds is 5. The van der Waals surface area contributed by atoms with Crippen LogP contribution in [0.3, 0.4) is 0 Å². The normalized spacial score (nSPS) is 10.5. The van der Waals surface area contributed by atoms with E-state index in [9.17, 15) is 18.4 Å². The number of hydrogen-bond donors (Lipinski definition) is 2. The smallest absolute Gasteiger partial charge is 0.335 e. The van der Waals surface area contributed by atoms with Crippen LogP contribution >= 0.6 is 0 Å². The molecule has 0 saturated heterocycles. The van der Waals surface area contributed by atoms with Crippen molar-refractivity contribution in [3.8, 4) is 11.5 Å². The highest BCUT2D eigenvalue weighted by Gasteiger charge is 2.15. The Morgan fingerprint density at radius 2 is 1.96 bits per heavy atom. The topological polar surface area (TPSA) is 93.4 Å². The van der Waals surface area contributed by atoms with Gasteiger partial charge in [0.15, 0.2) is 23.0 Å². The lowest BCUT2D eigenvalue weighted by Gasteiger charge is -2.13. The van der Waals surface area contributed by atoms with E-state index in [2.05, 4.69) is 10.4 Å². The van der Waals surface area contributed by atoms with Gasteiger partial charge in [0, 0.05) is 18.8 Å². The van der Waals surface area contributed by atoms with Crippen LogP contribution in [0.25, 0.3) is 0 Å². The number of hydrogen-bond acceptors (Lipinski definition) is 5. The average Bonchev–Trinajstić information content (AvgIpc) is 2.63. The Hall–Kier alpha value is -3.75. The van der Waals surface area contributed by atoms with Gasteiger partial charge in [-0.25, -0.2) is 18.3 Å². The molecule has 7 nitrogen and oxygen atoms in total. The quantitative estimate of drug-likeness (QED) is 0.713. The zero-order chi connectivity index (χ0) is 19.6. The maximum Gasteiger partial charge on any atom is 0.335 e. The molecule has 2 aromatic carbocycles. The predicted octanol–water partition coefficient (Wildman–Crippen LogP) is 3.29. The summed E-state index contributed by atoms with van der Waals surface area (Å²) in [6, 6.07) is 8.50. The molecule has 0 aliphatic heterocycles. The first-order valence-electron chi connectivity index (χ1n) is 7.65. The Morgan fingerprint density at radius 1 is 1.19 bits per heavy atom. The van der Waals surface area contributed by atoms with Crippen molar-refractivity contribution >= 4 is 17.3 Å². The molecule has 1 aromatic heterocycles. The van der Waals surface area contributed by atoms with Crippen LogP contribution in [0.2, 0.25) is 0 Å². The molecule has 9 heteroatoms. The number of ether oxygens (including phenoxy) is 1. The van der Waals surface area contributed by atoms with Gasteiger partial charge >= 0.3 is 5.97 Å². The number of aromatic carboxylic acids is 1. The molecule has 1 heterocycles. The zero-order valence-corrected chi connectivity index (χ0v) is 13.9. The molecule has 0 unspecified atom stereocenters. The second-order valence-corrected chi connectivity index (χ2v) is 5.50. The van der Waals surface area contributed by atoms with Crippen LogP contribution in [0.4, 0.5) is 20.2 Å².